The van der Waals surface area contributed by atoms with Gasteiger partial charge in [-0.05, 0) is 54.7 Å². The van der Waals surface area contributed by atoms with Gasteiger partial charge < -0.3 is 15.2 Å². The van der Waals surface area contributed by atoms with E-state index in [2.05, 4.69) is 56.5 Å². The summed E-state index contributed by atoms with van der Waals surface area (Å²) in [6.45, 7) is 0.605. The van der Waals surface area contributed by atoms with E-state index in [0.717, 1.165) is 68.1 Å². The Balaban J connectivity index is 1.30. The van der Waals surface area contributed by atoms with Gasteiger partial charge in [0, 0.05) is 18.4 Å². The predicted molar refractivity (Wildman–Crippen MR) is 159 cm³/mol. The summed E-state index contributed by atoms with van der Waals surface area (Å²) in [6, 6.07) is 25.3. The minimum atomic E-state index is 0.315. The summed E-state index contributed by atoms with van der Waals surface area (Å²) in [4.78, 5) is 13.4. The van der Waals surface area contributed by atoms with Crippen LogP contribution in [0.15, 0.2) is 77.8 Å². The molecule has 190 valence electrons. The molecule has 2 aromatic heterocycles. The SMILES string of the molecule is CN1C(=S)c2c(nn(Cc3ccc(-c4cccc(=S)[nH]4)cc3)c2Nc2ccccc2)N2C1=NC1CCCC12. The lowest BCUT2D eigenvalue weighted by molar-refractivity contribution is 0.619. The van der Waals surface area contributed by atoms with E-state index in [1.807, 2.05) is 48.1 Å². The minimum Gasteiger partial charge on any atom is -0.346 e. The van der Waals surface area contributed by atoms with Crippen molar-refractivity contribution in [2.75, 3.05) is 17.3 Å². The number of H-pyrrole nitrogens is 1. The van der Waals surface area contributed by atoms with Crippen molar-refractivity contribution in [2.45, 2.75) is 37.9 Å². The molecule has 2 aromatic carbocycles. The van der Waals surface area contributed by atoms with Crippen LogP contribution in [-0.4, -0.2) is 49.7 Å². The highest BCUT2D eigenvalue weighted by molar-refractivity contribution is 7.80. The number of pyridine rings is 1. The van der Waals surface area contributed by atoms with Crippen LogP contribution in [0, 0.1) is 4.64 Å². The average molecular weight is 538 g/mol. The Bertz CT molecular complexity index is 1620. The molecule has 38 heavy (non-hydrogen) atoms. The monoisotopic (exact) mass is 537 g/mol. The van der Waals surface area contributed by atoms with Crippen molar-refractivity contribution < 1.29 is 0 Å². The van der Waals surface area contributed by atoms with Crippen LogP contribution in [0.25, 0.3) is 11.3 Å². The highest BCUT2D eigenvalue weighted by Crippen LogP contribution is 2.43. The Kier molecular flexibility index (Phi) is 5.63. The van der Waals surface area contributed by atoms with Gasteiger partial charge in [0.05, 0.1) is 24.2 Å². The fourth-order valence-electron chi connectivity index (χ4n) is 5.78. The van der Waals surface area contributed by atoms with Crippen molar-refractivity contribution in [3.05, 3.63) is 88.6 Å². The first-order chi connectivity index (χ1) is 18.6. The molecule has 1 fully saturated rings. The summed E-state index contributed by atoms with van der Waals surface area (Å²) in [5, 5.41) is 8.83. The van der Waals surface area contributed by atoms with E-state index in [1.165, 1.54) is 6.42 Å². The third-order valence-corrected chi connectivity index (χ3v) is 8.37. The second-order valence-electron chi connectivity index (χ2n) is 10.1. The number of anilines is 3. The van der Waals surface area contributed by atoms with Crippen molar-refractivity contribution in [3.8, 4) is 11.3 Å². The van der Waals surface area contributed by atoms with Crippen LogP contribution >= 0.6 is 24.4 Å². The molecule has 2 N–H and O–H groups in total. The van der Waals surface area contributed by atoms with Crippen LogP contribution < -0.4 is 10.2 Å². The molecule has 0 saturated heterocycles. The van der Waals surface area contributed by atoms with Gasteiger partial charge in [-0.2, -0.15) is 5.10 Å². The molecule has 4 aromatic rings. The molecule has 7 rings (SSSR count). The van der Waals surface area contributed by atoms with E-state index in [4.69, 9.17) is 34.5 Å². The first-order valence-electron chi connectivity index (χ1n) is 12.9. The molecule has 1 saturated carbocycles. The van der Waals surface area contributed by atoms with Crippen molar-refractivity contribution in [3.63, 3.8) is 0 Å². The lowest BCUT2D eigenvalue weighted by atomic mass is 10.1. The first kappa shape index (κ1) is 23.3. The Hall–Kier alpha value is -3.82. The number of thiocarbonyl (C=S) groups is 1. The standard InChI is InChI=1S/C29H27N7S2/c1-34-28(38)25-26(30-20-7-3-2-4-8-20)35(33-27(25)36-23-11-5-10-22(23)32-29(34)36)17-18-13-15-19(16-14-18)21-9-6-12-24(37)31-21/h2-4,6-9,12-16,22-23,30H,5,10-11,17H2,1H3,(H,31,37). The fraction of sp³-hybridized carbons (Fsp3) is 0.241. The molecule has 0 radical (unpaired) electrons. The normalized spacial score (nSPS) is 19.7. The number of nitrogens with one attached hydrogen (secondary N) is 2. The van der Waals surface area contributed by atoms with Gasteiger partial charge in [0.15, 0.2) is 5.82 Å². The number of para-hydroxylation sites is 1. The van der Waals surface area contributed by atoms with E-state index >= 15 is 0 Å². The summed E-state index contributed by atoms with van der Waals surface area (Å²) in [6.07, 6.45) is 3.44. The molecule has 2 aliphatic heterocycles. The summed E-state index contributed by atoms with van der Waals surface area (Å²) >= 11 is 11.3. The fourth-order valence-corrected chi connectivity index (χ4v) is 6.24. The number of fused-ring (bicyclic) bond motifs is 5. The van der Waals surface area contributed by atoms with Crippen molar-refractivity contribution >= 4 is 52.7 Å². The molecule has 2 unspecified atom stereocenters. The number of aromatic nitrogens is 3. The van der Waals surface area contributed by atoms with E-state index < -0.39 is 0 Å². The third kappa shape index (κ3) is 3.85. The number of hydrogen-bond donors (Lipinski definition) is 2. The Morgan fingerprint density at radius 3 is 2.58 bits per heavy atom. The first-order valence-corrected chi connectivity index (χ1v) is 13.7. The second kappa shape index (κ2) is 9.18. The largest absolute Gasteiger partial charge is 0.346 e. The molecule has 2 atom stereocenters. The number of rotatable bonds is 5. The molecule has 0 amide bonds. The second-order valence-corrected chi connectivity index (χ2v) is 10.9. The summed E-state index contributed by atoms with van der Waals surface area (Å²) in [7, 11) is 2.02. The van der Waals surface area contributed by atoms with E-state index in [9.17, 15) is 0 Å². The molecular formula is C29H27N7S2. The Morgan fingerprint density at radius 1 is 0.974 bits per heavy atom. The number of benzene rings is 2. The number of nitrogens with zero attached hydrogens (tertiary/aromatic N) is 5. The van der Waals surface area contributed by atoms with E-state index in [1.54, 1.807) is 0 Å². The molecule has 0 spiro atoms. The number of guanidine groups is 1. The minimum absolute atomic E-state index is 0.315. The van der Waals surface area contributed by atoms with Gasteiger partial charge in [0.1, 0.15) is 15.4 Å². The summed E-state index contributed by atoms with van der Waals surface area (Å²) in [5.74, 6) is 2.74. The van der Waals surface area contributed by atoms with Gasteiger partial charge in [0.25, 0.3) is 0 Å². The van der Waals surface area contributed by atoms with Crippen molar-refractivity contribution in [1.29, 1.82) is 0 Å². The van der Waals surface area contributed by atoms with Gasteiger partial charge >= 0.3 is 0 Å². The zero-order valence-corrected chi connectivity index (χ0v) is 22.6. The number of aliphatic imine (C=N–C) groups is 1. The van der Waals surface area contributed by atoms with Crippen LogP contribution in [0.4, 0.5) is 17.3 Å². The van der Waals surface area contributed by atoms with E-state index in [0.29, 0.717) is 18.6 Å². The van der Waals surface area contributed by atoms with E-state index in [-0.39, 0.29) is 0 Å². The van der Waals surface area contributed by atoms with Gasteiger partial charge in [0.2, 0.25) is 5.96 Å². The molecule has 4 heterocycles. The van der Waals surface area contributed by atoms with Gasteiger partial charge in [-0.3, -0.25) is 4.90 Å². The number of hydrogen-bond acceptors (Lipinski definition) is 6. The van der Waals surface area contributed by atoms with Crippen molar-refractivity contribution in [1.82, 2.24) is 19.7 Å². The highest BCUT2D eigenvalue weighted by Gasteiger charge is 2.48. The highest BCUT2D eigenvalue weighted by atomic mass is 32.1. The predicted octanol–water partition coefficient (Wildman–Crippen LogP) is 6.12. The third-order valence-electron chi connectivity index (χ3n) is 7.66. The number of aromatic amines is 1. The Labute approximate surface area is 231 Å². The van der Waals surface area contributed by atoms with Crippen LogP contribution in [0.5, 0.6) is 0 Å². The van der Waals surface area contributed by atoms with Crippen LogP contribution in [0.2, 0.25) is 0 Å². The van der Waals surface area contributed by atoms with Crippen LogP contribution in [0.1, 0.15) is 30.4 Å². The summed E-state index contributed by atoms with van der Waals surface area (Å²) < 4.78 is 2.77. The van der Waals surface area contributed by atoms with Gasteiger partial charge in [-0.15, -0.1) is 0 Å². The lowest BCUT2D eigenvalue weighted by Crippen LogP contribution is -2.51. The maximum absolute atomic E-state index is 6.02. The topological polar surface area (TPSA) is 64.5 Å². The smallest absolute Gasteiger partial charge is 0.208 e. The zero-order valence-electron chi connectivity index (χ0n) is 21.0. The molecule has 3 aliphatic rings. The quantitative estimate of drug-likeness (QED) is 0.299. The molecule has 9 heteroatoms. The van der Waals surface area contributed by atoms with Crippen LogP contribution in [-0.2, 0) is 6.54 Å². The lowest BCUT2D eigenvalue weighted by Gasteiger charge is -2.35. The molecule has 0 bridgehead atoms. The molecule has 1 aliphatic carbocycles. The summed E-state index contributed by atoms with van der Waals surface area (Å²) in [5.41, 5.74) is 5.20. The average Bonchev–Trinajstić information content (AvgIpc) is 3.62. The van der Waals surface area contributed by atoms with Crippen molar-refractivity contribution in [2.24, 2.45) is 4.99 Å². The maximum atomic E-state index is 6.02. The van der Waals surface area contributed by atoms with Gasteiger partial charge in [-0.1, -0.05) is 73.0 Å². The van der Waals surface area contributed by atoms with Gasteiger partial charge in [-0.25, -0.2) is 9.67 Å². The zero-order chi connectivity index (χ0) is 25.8. The Morgan fingerprint density at radius 2 is 1.79 bits per heavy atom. The molecular weight excluding hydrogens is 511 g/mol. The van der Waals surface area contributed by atoms with Crippen LogP contribution in [0.3, 0.4) is 0 Å². The molecule has 7 nitrogen and oxygen atoms in total. The maximum Gasteiger partial charge on any atom is 0.208 e.